The summed E-state index contributed by atoms with van der Waals surface area (Å²) in [5, 5.41) is 24.2. The Kier molecular flexibility index (Phi) is 7.66. The van der Waals surface area contributed by atoms with Crippen molar-refractivity contribution in [3.63, 3.8) is 0 Å². The van der Waals surface area contributed by atoms with Gasteiger partial charge < -0.3 is 15.3 Å². The van der Waals surface area contributed by atoms with E-state index in [1.165, 1.54) is 10.6 Å². The van der Waals surface area contributed by atoms with Crippen LogP contribution in [-0.4, -0.2) is 88.4 Å². The maximum Gasteiger partial charge on any atom is 0.270 e. The van der Waals surface area contributed by atoms with Gasteiger partial charge in [-0.3, -0.25) is 9.36 Å². The Labute approximate surface area is 211 Å². The van der Waals surface area contributed by atoms with E-state index in [0.29, 0.717) is 62.2 Å². The highest BCUT2D eigenvalue weighted by atomic mass is 32.2. The minimum absolute atomic E-state index is 0.00586. The molecule has 2 fully saturated rings. The zero-order chi connectivity index (χ0) is 26.1. The molecule has 2 aliphatic rings. The number of fused-ring (bicyclic) bond motifs is 1. The number of aromatic nitrogens is 3. The third-order valence-electron chi connectivity index (χ3n) is 7.27. The lowest BCUT2D eigenvalue weighted by Crippen LogP contribution is -2.43. The molecule has 1 saturated heterocycles. The van der Waals surface area contributed by atoms with Gasteiger partial charge in [0.2, 0.25) is 16.0 Å². The van der Waals surface area contributed by atoms with E-state index in [-0.39, 0.29) is 17.4 Å². The van der Waals surface area contributed by atoms with Gasteiger partial charge >= 0.3 is 0 Å². The Morgan fingerprint density at radius 3 is 2.64 bits per heavy atom. The van der Waals surface area contributed by atoms with Crippen LogP contribution in [0, 0.1) is 11.3 Å². The summed E-state index contributed by atoms with van der Waals surface area (Å²) in [4.78, 5) is 24.1. The van der Waals surface area contributed by atoms with Gasteiger partial charge in [-0.1, -0.05) is 0 Å². The van der Waals surface area contributed by atoms with Crippen LogP contribution in [0.15, 0.2) is 17.1 Å². The van der Waals surface area contributed by atoms with Gasteiger partial charge in [0.25, 0.3) is 5.56 Å². The SMILES string of the molecule is CN(C)CCCS(=O)(=O)N1CCC(Nc2ncc3cc(C#N)c(=O)n([C@@H]4CCC[C@@]4(C)O)c3n2)CC1. The summed E-state index contributed by atoms with van der Waals surface area (Å²) in [5.41, 5.74) is -1.17. The summed E-state index contributed by atoms with van der Waals surface area (Å²) in [6, 6.07) is 2.95. The number of anilines is 1. The Bertz CT molecular complexity index is 1310. The van der Waals surface area contributed by atoms with Crippen molar-refractivity contribution in [3.05, 3.63) is 28.2 Å². The molecule has 1 saturated carbocycles. The number of aliphatic hydroxyl groups is 1. The number of nitrogens with zero attached hydrogens (tertiary/aromatic N) is 6. The first-order valence-corrected chi connectivity index (χ1v) is 14.1. The molecular weight excluding hydrogens is 482 g/mol. The highest BCUT2D eigenvalue weighted by molar-refractivity contribution is 7.89. The number of sulfonamides is 1. The third kappa shape index (κ3) is 5.54. The summed E-state index contributed by atoms with van der Waals surface area (Å²) in [6.45, 7) is 3.30. The highest BCUT2D eigenvalue weighted by Gasteiger charge is 2.40. The number of nitrogens with one attached hydrogen (secondary N) is 1. The number of nitriles is 1. The molecule has 0 spiro atoms. The molecule has 0 aromatic carbocycles. The molecule has 2 atom stereocenters. The highest BCUT2D eigenvalue weighted by Crippen LogP contribution is 2.39. The van der Waals surface area contributed by atoms with Crippen molar-refractivity contribution in [2.45, 2.75) is 63.1 Å². The van der Waals surface area contributed by atoms with E-state index in [4.69, 9.17) is 0 Å². The first-order chi connectivity index (χ1) is 17.0. The Morgan fingerprint density at radius 1 is 1.31 bits per heavy atom. The molecule has 4 rings (SSSR count). The van der Waals surface area contributed by atoms with E-state index < -0.39 is 27.2 Å². The summed E-state index contributed by atoms with van der Waals surface area (Å²) < 4.78 is 28.3. The molecule has 1 aliphatic carbocycles. The first-order valence-electron chi connectivity index (χ1n) is 12.5. The number of piperidine rings is 1. The summed E-state index contributed by atoms with van der Waals surface area (Å²) in [7, 11) is 0.572. The molecule has 2 aromatic heterocycles. The summed E-state index contributed by atoms with van der Waals surface area (Å²) in [5.74, 6) is 0.481. The van der Waals surface area contributed by atoms with Crippen molar-refractivity contribution in [3.8, 4) is 6.07 Å². The lowest BCUT2D eigenvalue weighted by atomic mass is 9.99. The van der Waals surface area contributed by atoms with Crippen LogP contribution >= 0.6 is 0 Å². The van der Waals surface area contributed by atoms with Crippen molar-refractivity contribution >= 4 is 27.0 Å². The van der Waals surface area contributed by atoms with Crippen molar-refractivity contribution in [1.29, 1.82) is 5.26 Å². The quantitative estimate of drug-likeness (QED) is 0.529. The molecule has 0 amide bonds. The van der Waals surface area contributed by atoms with Gasteiger partial charge in [0.1, 0.15) is 17.3 Å². The van der Waals surface area contributed by atoms with Crippen molar-refractivity contribution in [2.75, 3.05) is 44.8 Å². The second kappa shape index (κ2) is 10.4. The zero-order valence-electron chi connectivity index (χ0n) is 21.1. The molecule has 1 aliphatic heterocycles. The number of hydrogen-bond acceptors (Lipinski definition) is 9. The molecular formula is C24H35N7O4S. The average Bonchev–Trinajstić information content (AvgIpc) is 3.17. The molecule has 3 heterocycles. The Hall–Kier alpha value is -2.59. The van der Waals surface area contributed by atoms with E-state index in [9.17, 15) is 23.6 Å². The maximum atomic E-state index is 13.1. The summed E-state index contributed by atoms with van der Waals surface area (Å²) >= 11 is 0. The van der Waals surface area contributed by atoms with Gasteiger partial charge in [0.05, 0.1) is 17.4 Å². The number of hydrogen-bond donors (Lipinski definition) is 2. The first kappa shape index (κ1) is 26.5. The molecule has 0 radical (unpaired) electrons. The topological polar surface area (TPSA) is 144 Å². The van der Waals surface area contributed by atoms with Gasteiger partial charge in [-0.15, -0.1) is 0 Å². The lowest BCUT2D eigenvalue weighted by molar-refractivity contribution is 0.0266. The van der Waals surface area contributed by atoms with Gasteiger partial charge in [0, 0.05) is 30.7 Å². The number of rotatable bonds is 8. The van der Waals surface area contributed by atoms with E-state index in [1.807, 2.05) is 25.1 Å². The van der Waals surface area contributed by atoms with Gasteiger partial charge in [0.15, 0.2) is 0 Å². The van der Waals surface area contributed by atoms with Gasteiger partial charge in [-0.05, 0) is 72.2 Å². The molecule has 0 unspecified atom stereocenters. The van der Waals surface area contributed by atoms with Crippen molar-refractivity contribution in [2.24, 2.45) is 0 Å². The average molecular weight is 518 g/mol. The van der Waals surface area contributed by atoms with E-state index in [2.05, 4.69) is 15.3 Å². The normalized spacial score (nSPS) is 23.8. The third-order valence-corrected chi connectivity index (χ3v) is 9.23. The standard InChI is InChI=1S/C24H35N7O4S/c1-24(33)9-4-6-20(24)31-21-18(14-17(15-25)22(31)32)16-26-23(28-21)27-19-7-11-30(12-8-19)36(34,35)13-5-10-29(2)3/h14,16,19-20,33H,4-13H2,1-3H3,(H,26,27,28)/t20-,24-/m1/s1. The predicted octanol–water partition coefficient (Wildman–Crippen LogP) is 1.30. The van der Waals surface area contributed by atoms with Crippen LogP contribution in [0.1, 0.15) is 57.1 Å². The minimum atomic E-state index is -3.28. The van der Waals surface area contributed by atoms with Crippen LogP contribution in [0.2, 0.25) is 0 Å². The molecule has 2 N–H and O–H groups in total. The molecule has 12 heteroatoms. The second-order valence-corrected chi connectivity index (χ2v) is 12.5. The van der Waals surface area contributed by atoms with Crippen molar-refractivity contribution < 1.29 is 13.5 Å². The van der Waals surface area contributed by atoms with Crippen LogP contribution in [0.25, 0.3) is 11.0 Å². The fourth-order valence-electron chi connectivity index (χ4n) is 5.25. The zero-order valence-corrected chi connectivity index (χ0v) is 22.0. The van der Waals surface area contributed by atoms with Crippen LogP contribution in [0.5, 0.6) is 0 Å². The fraction of sp³-hybridized carbons (Fsp3) is 0.667. The molecule has 0 bridgehead atoms. The monoisotopic (exact) mass is 517 g/mol. The smallest absolute Gasteiger partial charge is 0.270 e. The fourth-order valence-corrected chi connectivity index (χ4v) is 6.77. The Morgan fingerprint density at radius 2 is 2.03 bits per heavy atom. The molecule has 36 heavy (non-hydrogen) atoms. The Balaban J connectivity index is 1.52. The summed E-state index contributed by atoms with van der Waals surface area (Å²) in [6.07, 6.45) is 5.37. The van der Waals surface area contributed by atoms with E-state index >= 15 is 0 Å². The van der Waals surface area contributed by atoms with Gasteiger partial charge in [-0.25, -0.2) is 17.7 Å². The number of pyridine rings is 1. The van der Waals surface area contributed by atoms with Crippen molar-refractivity contribution in [1.82, 2.24) is 23.7 Å². The molecule has 11 nitrogen and oxygen atoms in total. The predicted molar refractivity (Wildman–Crippen MR) is 137 cm³/mol. The minimum Gasteiger partial charge on any atom is -0.388 e. The molecule has 2 aromatic rings. The van der Waals surface area contributed by atoms with Crippen LogP contribution < -0.4 is 10.9 Å². The second-order valence-electron chi connectivity index (χ2n) is 10.4. The van der Waals surface area contributed by atoms with E-state index in [1.54, 1.807) is 17.4 Å². The van der Waals surface area contributed by atoms with Gasteiger partial charge in [-0.2, -0.15) is 10.2 Å². The van der Waals surface area contributed by atoms with Crippen LogP contribution in [0.4, 0.5) is 5.95 Å². The maximum absolute atomic E-state index is 13.1. The lowest BCUT2D eigenvalue weighted by Gasteiger charge is -2.32. The van der Waals surface area contributed by atoms with Crippen LogP contribution in [0.3, 0.4) is 0 Å². The largest absolute Gasteiger partial charge is 0.388 e. The van der Waals surface area contributed by atoms with E-state index in [0.717, 1.165) is 13.0 Å². The van der Waals surface area contributed by atoms with Crippen LogP contribution in [-0.2, 0) is 10.0 Å². The molecule has 196 valence electrons.